The van der Waals surface area contributed by atoms with Crippen molar-refractivity contribution in [2.24, 2.45) is 7.05 Å². The molecule has 0 saturated carbocycles. The van der Waals surface area contributed by atoms with Crippen molar-refractivity contribution in [1.82, 2.24) is 24.3 Å². The SMILES string of the molecule is Cc1nc2cc(N3CCO[C@H](c4ccn(C(CF)CF)n4)C3)nc(-c3ccc(Cl)cc3F)c2c(=O)n1C. The van der Waals surface area contributed by atoms with Crippen LogP contribution in [0.25, 0.3) is 22.2 Å². The predicted molar refractivity (Wildman–Crippen MR) is 134 cm³/mol. The Bertz CT molecular complexity index is 1520. The lowest BCUT2D eigenvalue weighted by Crippen LogP contribution is -2.39. The molecule has 194 valence electrons. The first-order valence-corrected chi connectivity index (χ1v) is 12.1. The monoisotopic (exact) mass is 532 g/mol. The molecule has 1 saturated heterocycles. The second-order valence-electron chi connectivity index (χ2n) is 8.86. The molecule has 1 aliphatic rings. The number of benzene rings is 1. The predicted octanol–water partition coefficient (Wildman–Crippen LogP) is 4.35. The van der Waals surface area contributed by atoms with Gasteiger partial charge in [0.2, 0.25) is 0 Å². The zero-order chi connectivity index (χ0) is 26.3. The van der Waals surface area contributed by atoms with E-state index >= 15 is 4.39 Å². The Kier molecular flexibility index (Phi) is 6.91. The van der Waals surface area contributed by atoms with Gasteiger partial charge in [-0.05, 0) is 31.2 Å². The van der Waals surface area contributed by atoms with Crippen molar-refractivity contribution in [3.05, 3.63) is 69.2 Å². The van der Waals surface area contributed by atoms with E-state index in [1.165, 1.54) is 33.6 Å². The van der Waals surface area contributed by atoms with Crippen molar-refractivity contribution in [3.63, 3.8) is 0 Å². The van der Waals surface area contributed by atoms with Gasteiger partial charge in [-0.3, -0.25) is 14.0 Å². The fourth-order valence-corrected chi connectivity index (χ4v) is 4.53. The van der Waals surface area contributed by atoms with E-state index in [2.05, 4.69) is 10.1 Å². The maximum atomic E-state index is 15.0. The summed E-state index contributed by atoms with van der Waals surface area (Å²) in [5.41, 5.74) is 0.869. The second-order valence-corrected chi connectivity index (χ2v) is 9.30. The largest absolute Gasteiger partial charge is 0.368 e. The normalized spacial score (nSPS) is 16.2. The number of aryl methyl sites for hydroxylation is 1. The van der Waals surface area contributed by atoms with Crippen molar-refractivity contribution < 1.29 is 17.9 Å². The van der Waals surface area contributed by atoms with Crippen molar-refractivity contribution in [3.8, 4) is 11.3 Å². The fraction of sp³-hybridized carbons (Fsp3) is 0.360. The highest BCUT2D eigenvalue weighted by Crippen LogP contribution is 2.32. The van der Waals surface area contributed by atoms with E-state index in [1.54, 1.807) is 26.1 Å². The van der Waals surface area contributed by atoms with Gasteiger partial charge in [-0.1, -0.05) is 11.6 Å². The molecule has 1 atom stereocenters. The Balaban J connectivity index is 1.58. The average molecular weight is 533 g/mol. The van der Waals surface area contributed by atoms with Crippen LogP contribution >= 0.6 is 11.6 Å². The lowest BCUT2D eigenvalue weighted by molar-refractivity contribution is 0.0361. The Labute approximate surface area is 215 Å². The smallest absolute Gasteiger partial charge is 0.263 e. The zero-order valence-corrected chi connectivity index (χ0v) is 20.9. The molecular weight excluding hydrogens is 509 g/mol. The number of hydrogen-bond acceptors (Lipinski definition) is 6. The number of rotatable bonds is 6. The van der Waals surface area contributed by atoms with Gasteiger partial charge in [0, 0.05) is 36.4 Å². The van der Waals surface area contributed by atoms with Gasteiger partial charge in [0.15, 0.2) is 0 Å². The lowest BCUT2D eigenvalue weighted by atomic mass is 10.1. The third kappa shape index (κ3) is 4.69. The van der Waals surface area contributed by atoms with Crippen LogP contribution in [-0.4, -0.2) is 57.4 Å². The molecule has 1 aliphatic heterocycles. The molecule has 4 heterocycles. The van der Waals surface area contributed by atoms with E-state index in [4.69, 9.17) is 21.3 Å². The first-order valence-electron chi connectivity index (χ1n) is 11.7. The number of nitrogens with zero attached hydrogens (tertiary/aromatic N) is 6. The van der Waals surface area contributed by atoms with Gasteiger partial charge in [0.1, 0.15) is 43.0 Å². The minimum atomic E-state index is -0.982. The molecule has 4 aromatic rings. The number of ether oxygens (including phenoxy) is 1. The van der Waals surface area contributed by atoms with Crippen LogP contribution < -0.4 is 10.5 Å². The van der Waals surface area contributed by atoms with Crippen molar-refractivity contribution in [1.29, 1.82) is 0 Å². The summed E-state index contributed by atoms with van der Waals surface area (Å²) < 4.78 is 49.8. The Hall–Kier alpha value is -3.44. The molecule has 0 unspecified atom stereocenters. The number of aromatic nitrogens is 5. The standard InChI is InChI=1S/C25H24ClF3N6O2/c1-14-30-20-10-22(31-24(23(20)25(36)33(14)2)17-4-3-15(26)9-18(17)29)34-7-8-37-21(13-34)19-5-6-35(32-19)16(11-27)12-28/h3-6,9-10,16,21H,7-8,11-13H2,1-2H3/t21-/m0/s1. The summed E-state index contributed by atoms with van der Waals surface area (Å²) in [6.07, 6.45) is 1.04. The number of morpholine rings is 1. The van der Waals surface area contributed by atoms with Crippen LogP contribution in [0.15, 0.2) is 41.3 Å². The third-order valence-corrected chi connectivity index (χ3v) is 6.77. The van der Waals surface area contributed by atoms with Gasteiger partial charge >= 0.3 is 0 Å². The molecular formula is C25H24ClF3N6O2. The summed E-state index contributed by atoms with van der Waals surface area (Å²) in [7, 11) is 1.60. The average Bonchev–Trinajstić information content (AvgIpc) is 3.38. The van der Waals surface area contributed by atoms with Gasteiger partial charge in [0.05, 0.1) is 35.4 Å². The van der Waals surface area contributed by atoms with E-state index in [0.717, 1.165) is 0 Å². The van der Waals surface area contributed by atoms with Crippen molar-refractivity contribution in [2.45, 2.75) is 19.1 Å². The van der Waals surface area contributed by atoms with E-state index in [0.29, 0.717) is 42.5 Å². The molecule has 0 aliphatic carbocycles. The zero-order valence-electron chi connectivity index (χ0n) is 20.2. The van der Waals surface area contributed by atoms with E-state index in [1.807, 2.05) is 4.90 Å². The van der Waals surface area contributed by atoms with Crippen molar-refractivity contribution in [2.75, 3.05) is 37.9 Å². The van der Waals surface area contributed by atoms with Crippen LogP contribution in [-0.2, 0) is 11.8 Å². The molecule has 0 spiro atoms. The lowest BCUT2D eigenvalue weighted by Gasteiger charge is -2.33. The Morgan fingerprint density at radius 1 is 1.19 bits per heavy atom. The van der Waals surface area contributed by atoms with Crippen LogP contribution in [0.3, 0.4) is 0 Å². The minimum Gasteiger partial charge on any atom is -0.368 e. The summed E-state index contributed by atoms with van der Waals surface area (Å²) in [6.45, 7) is 1.11. The summed E-state index contributed by atoms with van der Waals surface area (Å²) in [4.78, 5) is 24.4. The third-order valence-electron chi connectivity index (χ3n) is 6.54. The maximum Gasteiger partial charge on any atom is 0.263 e. The highest BCUT2D eigenvalue weighted by molar-refractivity contribution is 6.30. The molecule has 5 rings (SSSR count). The highest BCUT2D eigenvalue weighted by atomic mass is 35.5. The van der Waals surface area contributed by atoms with Crippen molar-refractivity contribution >= 4 is 28.3 Å². The number of halogens is 4. The number of anilines is 1. The Morgan fingerprint density at radius 2 is 1.97 bits per heavy atom. The molecule has 0 N–H and O–H groups in total. The molecule has 0 radical (unpaired) electrons. The molecule has 0 bridgehead atoms. The maximum absolute atomic E-state index is 15.0. The molecule has 1 aromatic carbocycles. The van der Waals surface area contributed by atoms with Gasteiger partial charge in [-0.15, -0.1) is 0 Å². The molecule has 37 heavy (non-hydrogen) atoms. The number of pyridine rings is 1. The highest BCUT2D eigenvalue weighted by Gasteiger charge is 2.27. The summed E-state index contributed by atoms with van der Waals surface area (Å²) in [5, 5.41) is 4.74. The summed E-state index contributed by atoms with van der Waals surface area (Å²) >= 11 is 5.96. The minimum absolute atomic E-state index is 0.131. The quantitative estimate of drug-likeness (QED) is 0.367. The van der Waals surface area contributed by atoms with Crippen LogP contribution in [0.2, 0.25) is 5.02 Å². The van der Waals surface area contributed by atoms with Crippen LogP contribution in [0.5, 0.6) is 0 Å². The van der Waals surface area contributed by atoms with Crippen LogP contribution in [0, 0.1) is 12.7 Å². The van der Waals surface area contributed by atoms with E-state index < -0.39 is 31.3 Å². The first-order chi connectivity index (χ1) is 17.8. The van der Waals surface area contributed by atoms with Gasteiger partial charge in [0.25, 0.3) is 5.56 Å². The van der Waals surface area contributed by atoms with Gasteiger partial charge in [-0.2, -0.15) is 5.10 Å². The fourth-order valence-electron chi connectivity index (χ4n) is 4.37. The molecule has 12 heteroatoms. The second kappa shape index (κ2) is 10.1. The number of fused-ring (bicyclic) bond motifs is 1. The topological polar surface area (TPSA) is 78.1 Å². The molecule has 3 aromatic heterocycles. The van der Waals surface area contributed by atoms with Crippen LogP contribution in [0.4, 0.5) is 19.0 Å². The Morgan fingerprint density at radius 3 is 2.70 bits per heavy atom. The molecule has 1 fully saturated rings. The summed E-state index contributed by atoms with van der Waals surface area (Å²) in [5.74, 6) is 0.370. The first kappa shape index (κ1) is 25.2. The number of alkyl halides is 2. The van der Waals surface area contributed by atoms with E-state index in [-0.39, 0.29) is 27.2 Å². The van der Waals surface area contributed by atoms with Gasteiger partial charge in [-0.25, -0.2) is 23.1 Å². The molecule has 8 nitrogen and oxygen atoms in total. The van der Waals surface area contributed by atoms with Gasteiger partial charge < -0.3 is 9.64 Å². The summed E-state index contributed by atoms with van der Waals surface area (Å²) in [6, 6.07) is 6.59. The number of hydrogen-bond donors (Lipinski definition) is 0. The van der Waals surface area contributed by atoms with E-state index in [9.17, 15) is 13.6 Å². The van der Waals surface area contributed by atoms with Crippen LogP contribution in [0.1, 0.15) is 23.7 Å². The molecule has 0 amide bonds.